The van der Waals surface area contributed by atoms with Crippen molar-refractivity contribution in [1.82, 2.24) is 0 Å². The fourth-order valence-corrected chi connectivity index (χ4v) is 2.47. The Morgan fingerprint density at radius 2 is 1.79 bits per heavy atom. The Hall–Kier alpha value is -2.03. The van der Waals surface area contributed by atoms with Gasteiger partial charge in [-0.05, 0) is 54.8 Å². The van der Waals surface area contributed by atoms with Gasteiger partial charge in [-0.25, -0.2) is 4.39 Å². The van der Waals surface area contributed by atoms with Gasteiger partial charge in [-0.3, -0.25) is 0 Å². The van der Waals surface area contributed by atoms with Crippen LogP contribution >= 0.6 is 0 Å². The fraction of sp³-hybridized carbons (Fsp3) is 0.250. The molecule has 1 aliphatic rings. The van der Waals surface area contributed by atoms with E-state index in [1.54, 1.807) is 12.1 Å². The zero-order chi connectivity index (χ0) is 13.2. The molecular weight excluding hydrogens is 239 g/mol. The first-order valence-electron chi connectivity index (χ1n) is 6.60. The first-order valence-corrected chi connectivity index (χ1v) is 6.60. The molecule has 3 heteroatoms. The van der Waals surface area contributed by atoms with Gasteiger partial charge in [-0.1, -0.05) is 6.07 Å². The summed E-state index contributed by atoms with van der Waals surface area (Å²) in [6.45, 7) is 1.04. The standard InChI is InChI=1S/C16H17FN2/c1-19(14-8-5-13(17)6-9-14)15-7-4-12-3-2-10-18-16(12)11-15/h4-9,11,18H,2-3,10H2,1H3. The van der Waals surface area contributed by atoms with E-state index in [1.165, 1.54) is 29.8 Å². The molecule has 0 radical (unpaired) electrons. The van der Waals surface area contributed by atoms with E-state index in [0.29, 0.717) is 0 Å². The van der Waals surface area contributed by atoms with E-state index in [0.717, 1.165) is 24.3 Å². The molecule has 2 aromatic rings. The van der Waals surface area contributed by atoms with Crippen LogP contribution in [0.5, 0.6) is 0 Å². The zero-order valence-corrected chi connectivity index (χ0v) is 11.0. The molecule has 0 aromatic heterocycles. The summed E-state index contributed by atoms with van der Waals surface area (Å²) in [5.74, 6) is -0.204. The minimum Gasteiger partial charge on any atom is -0.385 e. The number of hydrogen-bond acceptors (Lipinski definition) is 2. The van der Waals surface area contributed by atoms with Crippen LogP contribution in [0.3, 0.4) is 0 Å². The summed E-state index contributed by atoms with van der Waals surface area (Å²) < 4.78 is 12.9. The molecule has 2 nitrogen and oxygen atoms in total. The summed E-state index contributed by atoms with van der Waals surface area (Å²) in [7, 11) is 2.00. The Balaban J connectivity index is 1.91. The molecule has 2 aromatic carbocycles. The molecule has 19 heavy (non-hydrogen) atoms. The number of anilines is 3. The molecule has 3 rings (SSSR count). The van der Waals surface area contributed by atoms with E-state index in [1.807, 2.05) is 7.05 Å². The van der Waals surface area contributed by atoms with Crippen molar-refractivity contribution in [3.63, 3.8) is 0 Å². The highest BCUT2D eigenvalue weighted by molar-refractivity contribution is 5.69. The van der Waals surface area contributed by atoms with Crippen molar-refractivity contribution < 1.29 is 4.39 Å². The van der Waals surface area contributed by atoms with Crippen molar-refractivity contribution >= 4 is 17.1 Å². The lowest BCUT2D eigenvalue weighted by Gasteiger charge is -2.24. The van der Waals surface area contributed by atoms with Crippen LogP contribution in [0.4, 0.5) is 21.5 Å². The predicted molar refractivity (Wildman–Crippen MR) is 77.7 cm³/mol. The van der Waals surface area contributed by atoms with Crippen LogP contribution in [-0.4, -0.2) is 13.6 Å². The molecule has 0 fully saturated rings. The molecule has 1 aliphatic heterocycles. The van der Waals surface area contributed by atoms with E-state index >= 15 is 0 Å². The Morgan fingerprint density at radius 1 is 1.05 bits per heavy atom. The third-order valence-corrected chi connectivity index (χ3v) is 3.63. The van der Waals surface area contributed by atoms with Gasteiger partial charge in [0.25, 0.3) is 0 Å². The van der Waals surface area contributed by atoms with Crippen LogP contribution in [0.15, 0.2) is 42.5 Å². The second-order valence-corrected chi connectivity index (χ2v) is 4.91. The average molecular weight is 256 g/mol. The molecule has 1 heterocycles. The number of halogens is 1. The lowest BCUT2D eigenvalue weighted by molar-refractivity contribution is 0.628. The lowest BCUT2D eigenvalue weighted by atomic mass is 10.0. The van der Waals surface area contributed by atoms with E-state index < -0.39 is 0 Å². The Kier molecular flexibility index (Phi) is 3.11. The molecule has 0 amide bonds. The number of benzene rings is 2. The van der Waals surface area contributed by atoms with Crippen LogP contribution in [0.25, 0.3) is 0 Å². The molecule has 0 unspecified atom stereocenters. The normalized spacial score (nSPS) is 13.6. The maximum Gasteiger partial charge on any atom is 0.123 e. The summed E-state index contributed by atoms with van der Waals surface area (Å²) in [5, 5.41) is 3.43. The van der Waals surface area contributed by atoms with Crippen molar-refractivity contribution in [2.24, 2.45) is 0 Å². The summed E-state index contributed by atoms with van der Waals surface area (Å²) in [6, 6.07) is 13.0. The Bertz CT molecular complexity index is 578. The number of nitrogens with zero attached hydrogens (tertiary/aromatic N) is 1. The van der Waals surface area contributed by atoms with Crippen LogP contribution in [0.1, 0.15) is 12.0 Å². The van der Waals surface area contributed by atoms with E-state index in [2.05, 4.69) is 28.4 Å². The van der Waals surface area contributed by atoms with Crippen LogP contribution < -0.4 is 10.2 Å². The number of hydrogen-bond donors (Lipinski definition) is 1. The van der Waals surface area contributed by atoms with Crippen molar-refractivity contribution in [3.05, 3.63) is 53.8 Å². The molecule has 0 atom stereocenters. The summed E-state index contributed by atoms with van der Waals surface area (Å²) in [6.07, 6.45) is 2.34. The van der Waals surface area contributed by atoms with E-state index in [-0.39, 0.29) is 5.82 Å². The van der Waals surface area contributed by atoms with Gasteiger partial charge in [0, 0.05) is 30.7 Å². The molecule has 98 valence electrons. The van der Waals surface area contributed by atoms with Gasteiger partial charge in [0.15, 0.2) is 0 Å². The third kappa shape index (κ3) is 2.41. The molecule has 0 bridgehead atoms. The monoisotopic (exact) mass is 256 g/mol. The average Bonchev–Trinajstić information content (AvgIpc) is 2.47. The first kappa shape index (κ1) is 12.0. The molecule has 0 spiro atoms. The second-order valence-electron chi connectivity index (χ2n) is 4.91. The van der Waals surface area contributed by atoms with Gasteiger partial charge in [0.05, 0.1) is 0 Å². The summed E-state index contributed by atoms with van der Waals surface area (Å²) >= 11 is 0. The maximum atomic E-state index is 12.9. The largest absolute Gasteiger partial charge is 0.385 e. The minimum absolute atomic E-state index is 0.204. The van der Waals surface area contributed by atoms with Crippen LogP contribution in [0.2, 0.25) is 0 Å². The highest BCUT2D eigenvalue weighted by Gasteiger charge is 2.11. The quantitative estimate of drug-likeness (QED) is 0.875. The number of aryl methyl sites for hydroxylation is 1. The van der Waals surface area contributed by atoms with Crippen molar-refractivity contribution in [2.75, 3.05) is 23.8 Å². The van der Waals surface area contributed by atoms with Gasteiger partial charge >= 0.3 is 0 Å². The van der Waals surface area contributed by atoms with Gasteiger partial charge in [-0.2, -0.15) is 0 Å². The van der Waals surface area contributed by atoms with Gasteiger partial charge in [-0.15, -0.1) is 0 Å². The third-order valence-electron chi connectivity index (χ3n) is 3.63. The predicted octanol–water partition coefficient (Wildman–Crippen LogP) is 3.95. The highest BCUT2D eigenvalue weighted by atomic mass is 19.1. The van der Waals surface area contributed by atoms with E-state index in [4.69, 9.17) is 0 Å². The summed E-state index contributed by atoms with van der Waals surface area (Å²) in [4.78, 5) is 2.07. The SMILES string of the molecule is CN(c1ccc(F)cc1)c1ccc2c(c1)NCCC2. The van der Waals surface area contributed by atoms with Gasteiger partial charge < -0.3 is 10.2 Å². The van der Waals surface area contributed by atoms with Crippen molar-refractivity contribution in [3.8, 4) is 0 Å². The minimum atomic E-state index is -0.204. The lowest BCUT2D eigenvalue weighted by Crippen LogP contribution is -2.14. The van der Waals surface area contributed by atoms with Gasteiger partial charge in [0.2, 0.25) is 0 Å². The second kappa shape index (κ2) is 4.92. The Morgan fingerprint density at radius 3 is 2.58 bits per heavy atom. The number of nitrogens with one attached hydrogen (secondary N) is 1. The zero-order valence-electron chi connectivity index (χ0n) is 11.0. The highest BCUT2D eigenvalue weighted by Crippen LogP contribution is 2.30. The molecule has 0 saturated carbocycles. The van der Waals surface area contributed by atoms with Crippen molar-refractivity contribution in [2.45, 2.75) is 12.8 Å². The first-order chi connectivity index (χ1) is 9.24. The molecule has 0 aliphatic carbocycles. The molecule has 0 saturated heterocycles. The fourth-order valence-electron chi connectivity index (χ4n) is 2.47. The number of fused-ring (bicyclic) bond motifs is 1. The van der Waals surface area contributed by atoms with Crippen LogP contribution in [0, 0.1) is 5.82 Å². The molecule has 1 N–H and O–H groups in total. The maximum absolute atomic E-state index is 12.9. The van der Waals surface area contributed by atoms with E-state index in [9.17, 15) is 4.39 Å². The number of rotatable bonds is 2. The van der Waals surface area contributed by atoms with Crippen LogP contribution in [-0.2, 0) is 6.42 Å². The van der Waals surface area contributed by atoms with Crippen molar-refractivity contribution in [1.29, 1.82) is 0 Å². The van der Waals surface area contributed by atoms with Gasteiger partial charge in [0.1, 0.15) is 5.82 Å². The smallest absolute Gasteiger partial charge is 0.123 e. The summed E-state index contributed by atoms with van der Waals surface area (Å²) in [5.41, 5.74) is 4.69. The molecular formula is C16H17FN2. The topological polar surface area (TPSA) is 15.3 Å². The Labute approximate surface area is 112 Å².